The topological polar surface area (TPSA) is 112 Å². The lowest BCUT2D eigenvalue weighted by atomic mass is 9.93. The molecule has 1 aromatic heterocycles. The van der Waals surface area contributed by atoms with E-state index in [1.165, 1.54) is 13.3 Å². The van der Waals surface area contributed by atoms with E-state index in [-0.39, 0.29) is 36.0 Å². The largest absolute Gasteiger partial charge is 0.465 e. The number of esters is 2. The lowest BCUT2D eigenvalue weighted by molar-refractivity contribution is -0.154. The molecule has 0 spiro atoms. The minimum Gasteiger partial charge on any atom is -0.465 e. The van der Waals surface area contributed by atoms with Crippen LogP contribution in [0.5, 0.6) is 0 Å². The fourth-order valence-electron chi connectivity index (χ4n) is 5.11. The molecule has 0 N–H and O–H groups in total. The number of nitrogens with zero attached hydrogens (tertiary/aromatic N) is 2. The van der Waals surface area contributed by atoms with Crippen LogP contribution in [0.25, 0.3) is 10.9 Å². The molecule has 34 heavy (non-hydrogen) atoms. The van der Waals surface area contributed by atoms with Crippen molar-refractivity contribution in [3.05, 3.63) is 36.0 Å². The number of amides is 1. The number of sulfone groups is 1. The van der Waals surface area contributed by atoms with Gasteiger partial charge in [0.05, 0.1) is 24.2 Å². The van der Waals surface area contributed by atoms with Gasteiger partial charge < -0.3 is 18.9 Å². The summed E-state index contributed by atoms with van der Waals surface area (Å²) in [5.74, 6) is -1.43. The summed E-state index contributed by atoms with van der Waals surface area (Å²) in [7, 11) is -1.86. The van der Waals surface area contributed by atoms with E-state index in [0.717, 1.165) is 32.1 Å². The lowest BCUT2D eigenvalue weighted by Crippen LogP contribution is -2.50. The van der Waals surface area contributed by atoms with Crippen LogP contribution in [0, 0.1) is 0 Å². The van der Waals surface area contributed by atoms with E-state index >= 15 is 0 Å². The summed E-state index contributed by atoms with van der Waals surface area (Å²) in [5.41, 5.74) is 1.01. The van der Waals surface area contributed by atoms with Gasteiger partial charge in [-0.15, -0.1) is 0 Å². The average Bonchev–Trinajstić information content (AvgIpc) is 3.38. The molecule has 1 aliphatic carbocycles. The Balaban J connectivity index is 1.44. The summed E-state index contributed by atoms with van der Waals surface area (Å²) >= 11 is 0. The molecule has 1 atom stereocenters. The highest BCUT2D eigenvalue weighted by molar-refractivity contribution is 7.91. The van der Waals surface area contributed by atoms with E-state index in [9.17, 15) is 22.8 Å². The van der Waals surface area contributed by atoms with Gasteiger partial charge in [-0.05, 0) is 25.3 Å². The van der Waals surface area contributed by atoms with Crippen LogP contribution in [-0.4, -0.2) is 73.0 Å². The van der Waals surface area contributed by atoms with Crippen LogP contribution in [-0.2, 0) is 35.4 Å². The number of methoxy groups -OCH3 is 1. The van der Waals surface area contributed by atoms with Crippen LogP contribution in [0.1, 0.15) is 48.9 Å². The van der Waals surface area contributed by atoms with Crippen molar-refractivity contribution in [1.82, 2.24) is 9.47 Å². The van der Waals surface area contributed by atoms with Gasteiger partial charge in [0.1, 0.15) is 6.54 Å². The first-order chi connectivity index (χ1) is 16.3. The van der Waals surface area contributed by atoms with Crippen molar-refractivity contribution < 1.29 is 32.3 Å². The van der Waals surface area contributed by atoms with Crippen molar-refractivity contribution in [1.29, 1.82) is 0 Å². The van der Waals surface area contributed by atoms with E-state index in [1.807, 2.05) is 0 Å². The van der Waals surface area contributed by atoms with E-state index in [2.05, 4.69) is 0 Å². The number of benzene rings is 1. The average molecular weight is 491 g/mol. The van der Waals surface area contributed by atoms with Gasteiger partial charge >= 0.3 is 11.9 Å². The molecule has 4 rings (SSSR count). The summed E-state index contributed by atoms with van der Waals surface area (Å²) in [6.07, 6.45) is 6.73. The molecule has 184 valence electrons. The summed E-state index contributed by atoms with van der Waals surface area (Å²) in [4.78, 5) is 39.5. The minimum absolute atomic E-state index is 0.0192. The molecule has 10 heteroatoms. The van der Waals surface area contributed by atoms with Gasteiger partial charge in [-0.1, -0.05) is 37.5 Å². The van der Waals surface area contributed by atoms with E-state index in [4.69, 9.17) is 9.47 Å². The normalized spacial score (nSPS) is 20.2. The van der Waals surface area contributed by atoms with E-state index in [1.54, 1.807) is 33.7 Å². The molecular weight excluding hydrogens is 460 g/mol. The third kappa shape index (κ3) is 5.27. The van der Waals surface area contributed by atoms with Gasteiger partial charge in [-0.25, -0.2) is 13.2 Å². The molecule has 1 saturated heterocycles. The Bertz CT molecular complexity index is 1180. The highest BCUT2D eigenvalue weighted by Gasteiger charge is 2.38. The zero-order valence-corrected chi connectivity index (χ0v) is 20.1. The lowest BCUT2D eigenvalue weighted by Gasteiger charge is -2.38. The molecule has 0 bridgehead atoms. The summed E-state index contributed by atoms with van der Waals surface area (Å²) in [5, 5.41) is 0.657. The summed E-state index contributed by atoms with van der Waals surface area (Å²) in [6, 6.07) is 6.76. The maximum Gasteiger partial charge on any atom is 0.340 e. The van der Waals surface area contributed by atoms with Gasteiger partial charge in [0.25, 0.3) is 5.91 Å². The fraction of sp³-hybridized carbons (Fsp3) is 0.542. The van der Waals surface area contributed by atoms with Crippen LogP contribution >= 0.6 is 0 Å². The minimum atomic E-state index is -3.16. The molecule has 9 nitrogen and oxygen atoms in total. The molecule has 2 aromatic rings. The summed E-state index contributed by atoms with van der Waals surface area (Å²) < 4.78 is 35.8. The van der Waals surface area contributed by atoms with Crippen molar-refractivity contribution >= 4 is 38.6 Å². The first kappa shape index (κ1) is 24.3. The second kappa shape index (κ2) is 10.2. The number of carbonyl (C=O) groups is 3. The van der Waals surface area contributed by atoms with Crippen molar-refractivity contribution in [3.63, 3.8) is 0 Å². The van der Waals surface area contributed by atoms with Crippen molar-refractivity contribution in [3.8, 4) is 0 Å². The third-order valence-corrected chi connectivity index (χ3v) is 8.46. The third-order valence-electron chi connectivity index (χ3n) is 6.71. The number of para-hydroxylation sites is 1. The Morgan fingerprint density at radius 2 is 1.79 bits per heavy atom. The van der Waals surface area contributed by atoms with Crippen LogP contribution in [0.4, 0.5) is 0 Å². The van der Waals surface area contributed by atoms with Crippen LogP contribution < -0.4 is 0 Å². The Morgan fingerprint density at radius 3 is 2.47 bits per heavy atom. The Labute approximate surface area is 198 Å². The maximum absolute atomic E-state index is 13.1. The number of hydrogen-bond acceptors (Lipinski definition) is 7. The highest BCUT2D eigenvalue weighted by Crippen LogP contribution is 2.28. The molecular formula is C24H30N2O7S. The van der Waals surface area contributed by atoms with E-state index in [0.29, 0.717) is 22.9 Å². The zero-order chi connectivity index (χ0) is 24.3. The molecule has 2 heterocycles. The van der Waals surface area contributed by atoms with Gasteiger partial charge in [-0.2, -0.15) is 0 Å². The Kier molecular flexibility index (Phi) is 7.25. The zero-order valence-electron chi connectivity index (χ0n) is 19.3. The molecule has 1 saturated carbocycles. The van der Waals surface area contributed by atoms with Gasteiger partial charge in [-0.3, -0.25) is 9.59 Å². The predicted molar refractivity (Wildman–Crippen MR) is 125 cm³/mol. The molecule has 1 unspecified atom stereocenters. The van der Waals surface area contributed by atoms with Gasteiger partial charge in [0.15, 0.2) is 16.4 Å². The number of carbonyl (C=O) groups excluding carboxylic acids is 3. The number of ether oxygens (including phenoxy) is 2. The number of hydrogen-bond donors (Lipinski definition) is 0. The fourth-order valence-corrected chi connectivity index (χ4v) is 6.82. The van der Waals surface area contributed by atoms with Crippen LogP contribution in [0.2, 0.25) is 0 Å². The van der Waals surface area contributed by atoms with Gasteiger partial charge in [0, 0.05) is 29.2 Å². The standard InChI is InChI=1S/C24H30N2O7S/c1-32-24(29)20-13-25(21-10-6-5-9-19(20)21)14-23(28)33-15-22(27)26(17-7-3-2-4-8-17)18-11-12-34(30,31)16-18/h5-6,9-10,13,17-18H,2-4,7-8,11-12,14-16H2,1H3. The first-order valence-corrected chi connectivity index (χ1v) is 13.4. The summed E-state index contributed by atoms with van der Waals surface area (Å²) in [6.45, 7) is -0.610. The second-order valence-corrected chi connectivity index (χ2v) is 11.2. The molecule has 2 fully saturated rings. The van der Waals surface area contributed by atoms with Gasteiger partial charge in [0.2, 0.25) is 0 Å². The number of rotatable bonds is 7. The number of aromatic nitrogens is 1. The molecule has 2 aliphatic rings. The monoisotopic (exact) mass is 490 g/mol. The molecule has 1 aromatic carbocycles. The smallest absolute Gasteiger partial charge is 0.340 e. The molecule has 0 radical (unpaired) electrons. The number of fused-ring (bicyclic) bond motifs is 1. The van der Waals surface area contributed by atoms with Crippen molar-refractivity contribution in [2.75, 3.05) is 25.2 Å². The SMILES string of the molecule is COC(=O)c1cn(CC(=O)OCC(=O)N(C2CCCCC2)C2CCS(=O)(=O)C2)c2ccccc12. The first-order valence-electron chi connectivity index (χ1n) is 11.6. The maximum atomic E-state index is 13.1. The van der Waals surface area contributed by atoms with Crippen LogP contribution in [0.3, 0.4) is 0 Å². The van der Waals surface area contributed by atoms with Crippen LogP contribution in [0.15, 0.2) is 30.5 Å². The second-order valence-electron chi connectivity index (χ2n) is 8.99. The predicted octanol–water partition coefficient (Wildman–Crippen LogP) is 2.32. The Hall–Kier alpha value is -2.88. The van der Waals surface area contributed by atoms with Crippen molar-refractivity contribution in [2.24, 2.45) is 0 Å². The quantitative estimate of drug-likeness (QED) is 0.548. The van der Waals surface area contributed by atoms with E-state index < -0.39 is 28.4 Å². The highest BCUT2D eigenvalue weighted by atomic mass is 32.2. The molecule has 1 aliphatic heterocycles. The molecule has 1 amide bonds. The van der Waals surface area contributed by atoms with Crippen molar-refractivity contribution in [2.45, 2.75) is 57.2 Å². The Morgan fingerprint density at radius 1 is 1.06 bits per heavy atom.